The van der Waals surface area contributed by atoms with Crippen molar-refractivity contribution in [3.63, 3.8) is 0 Å². The Kier molecular flexibility index (Phi) is 11.9. The fraction of sp³-hybridized carbons (Fsp3) is 0.359. The summed E-state index contributed by atoms with van der Waals surface area (Å²) in [4.78, 5) is 20.1. The van der Waals surface area contributed by atoms with Crippen molar-refractivity contribution in [3.05, 3.63) is 106 Å². The minimum Gasteiger partial charge on any atom is -0.466 e. The molecule has 0 fully saturated rings. The lowest BCUT2D eigenvalue weighted by molar-refractivity contribution is -0.143. The van der Waals surface area contributed by atoms with Crippen LogP contribution in [0.1, 0.15) is 74.8 Å². The first kappa shape index (κ1) is 36.5. The molecule has 2 heterocycles. The van der Waals surface area contributed by atoms with E-state index in [0.29, 0.717) is 54.9 Å². The smallest absolute Gasteiger partial charge is 0.306 e. The normalized spacial score (nSPS) is 18.6. The topological polar surface area (TPSA) is 131 Å². The van der Waals surface area contributed by atoms with Crippen LogP contribution in [0, 0.1) is 28.4 Å². The van der Waals surface area contributed by atoms with Crippen LogP contribution < -0.4 is 10.5 Å². The van der Waals surface area contributed by atoms with Crippen LogP contribution in [0.3, 0.4) is 0 Å². The SMILES string of the molecule is CCOC(=O)CCc1cccc(C2CCCC(C)(C)CS(=O)CCc3c(c(F)cc4[nH]ccc34)Oc3ccc(F)c(c3)C(C(C#N)=CN)=N2)c1. The molecular formula is C39H42F2N4O4S. The number of ether oxygens (including phenoxy) is 2. The lowest BCUT2D eigenvalue weighted by Crippen LogP contribution is -2.23. The summed E-state index contributed by atoms with van der Waals surface area (Å²) in [6.07, 6.45) is 5.73. The van der Waals surface area contributed by atoms with Crippen LogP contribution in [0.25, 0.3) is 10.9 Å². The van der Waals surface area contributed by atoms with E-state index < -0.39 is 28.5 Å². The highest BCUT2D eigenvalue weighted by molar-refractivity contribution is 7.85. The maximum atomic E-state index is 15.8. The Hall–Kier alpha value is -4.82. The first-order chi connectivity index (χ1) is 24.0. The molecule has 1 aliphatic heterocycles. The number of carbonyl (C=O) groups is 1. The van der Waals surface area contributed by atoms with Gasteiger partial charge in [-0.1, -0.05) is 44.5 Å². The molecule has 0 saturated heterocycles. The molecule has 0 radical (unpaired) electrons. The highest BCUT2D eigenvalue weighted by Crippen LogP contribution is 2.37. The molecule has 1 aliphatic rings. The molecule has 3 aromatic carbocycles. The van der Waals surface area contributed by atoms with E-state index in [9.17, 15) is 14.3 Å². The zero-order chi connectivity index (χ0) is 35.8. The van der Waals surface area contributed by atoms with Gasteiger partial charge in [-0.05, 0) is 73.4 Å². The van der Waals surface area contributed by atoms with Gasteiger partial charge in [-0.25, -0.2) is 8.78 Å². The molecule has 50 heavy (non-hydrogen) atoms. The lowest BCUT2D eigenvalue weighted by atomic mass is 9.87. The van der Waals surface area contributed by atoms with Crippen LogP contribution in [0.5, 0.6) is 11.5 Å². The molecule has 3 N–H and O–H groups in total. The Bertz CT molecular complexity index is 2000. The molecule has 2 unspecified atom stereocenters. The standard InChI is InChI=1S/C39H42F2N4O4S/c1-4-48-36(46)13-10-25-7-5-8-26(19-25)34-9-6-16-39(2,3)24-50(47)18-15-30-29-14-17-44-35(29)21-33(41)38(30)49-28-11-12-32(40)31(20-28)37(45-34)27(22-42)23-43/h5,7-8,11-12,14,17,19-22,34,44H,4,6,9-10,13,15-16,18,24,42H2,1-3H3. The third-order valence-electron chi connectivity index (χ3n) is 8.83. The summed E-state index contributed by atoms with van der Waals surface area (Å²) < 4.78 is 56.2. The van der Waals surface area contributed by atoms with Gasteiger partial charge in [-0.15, -0.1) is 0 Å². The number of allylic oxidation sites excluding steroid dienone is 1. The van der Waals surface area contributed by atoms with Crippen LogP contribution in [0.15, 0.2) is 77.6 Å². The molecule has 0 spiro atoms. The number of halogens is 2. The predicted octanol–water partition coefficient (Wildman–Crippen LogP) is 8.13. The van der Waals surface area contributed by atoms with Gasteiger partial charge in [-0.3, -0.25) is 14.0 Å². The van der Waals surface area contributed by atoms with Crippen molar-refractivity contribution in [1.82, 2.24) is 4.98 Å². The van der Waals surface area contributed by atoms with E-state index in [-0.39, 0.29) is 46.2 Å². The summed E-state index contributed by atoms with van der Waals surface area (Å²) in [6.45, 7) is 6.22. The van der Waals surface area contributed by atoms with Gasteiger partial charge in [-0.2, -0.15) is 5.26 Å². The number of aromatic nitrogens is 1. The van der Waals surface area contributed by atoms with E-state index in [1.54, 1.807) is 13.1 Å². The van der Waals surface area contributed by atoms with Gasteiger partial charge in [0.2, 0.25) is 0 Å². The summed E-state index contributed by atoms with van der Waals surface area (Å²) in [5.74, 6) is -0.742. The minimum atomic E-state index is -1.21. The van der Waals surface area contributed by atoms with Crippen LogP contribution in [0.4, 0.5) is 8.78 Å². The van der Waals surface area contributed by atoms with Crippen molar-refractivity contribution in [3.8, 4) is 17.6 Å². The molecule has 4 aromatic rings. The van der Waals surface area contributed by atoms with Gasteiger partial charge in [0, 0.05) is 69.2 Å². The molecule has 5 rings (SSSR count). The second kappa shape index (κ2) is 16.3. The van der Waals surface area contributed by atoms with Crippen molar-refractivity contribution in [2.45, 2.75) is 65.3 Å². The molecular weight excluding hydrogens is 659 g/mol. The predicted molar refractivity (Wildman–Crippen MR) is 193 cm³/mol. The van der Waals surface area contributed by atoms with Crippen molar-refractivity contribution >= 4 is 33.4 Å². The second-order valence-corrected chi connectivity index (χ2v) is 14.8. The van der Waals surface area contributed by atoms with Crippen LogP contribution in [0.2, 0.25) is 0 Å². The number of carbonyl (C=O) groups excluding carboxylic acids is 1. The van der Waals surface area contributed by atoms with E-state index in [1.807, 2.05) is 30.3 Å². The number of nitriles is 1. The number of esters is 1. The Morgan fingerprint density at radius 1 is 1.20 bits per heavy atom. The number of nitrogens with zero attached hydrogens (tertiary/aromatic N) is 2. The number of hydrogen-bond acceptors (Lipinski definition) is 7. The Balaban J connectivity index is 1.65. The van der Waals surface area contributed by atoms with Crippen LogP contribution in [-0.4, -0.2) is 39.0 Å². The molecule has 2 bridgehead atoms. The molecule has 262 valence electrons. The van der Waals surface area contributed by atoms with Gasteiger partial charge >= 0.3 is 5.97 Å². The Morgan fingerprint density at radius 3 is 2.78 bits per heavy atom. The summed E-state index contributed by atoms with van der Waals surface area (Å²) >= 11 is 0. The fourth-order valence-corrected chi connectivity index (χ4v) is 7.96. The zero-order valence-corrected chi connectivity index (χ0v) is 29.4. The summed E-state index contributed by atoms with van der Waals surface area (Å²) in [7, 11) is -1.21. The maximum Gasteiger partial charge on any atom is 0.306 e. The van der Waals surface area contributed by atoms with Crippen molar-refractivity contribution in [2.75, 3.05) is 18.1 Å². The third kappa shape index (κ3) is 8.85. The first-order valence-electron chi connectivity index (χ1n) is 16.8. The summed E-state index contributed by atoms with van der Waals surface area (Å²) in [5.41, 5.74) is 8.44. The van der Waals surface area contributed by atoms with Gasteiger partial charge in [0.15, 0.2) is 11.6 Å². The second-order valence-electron chi connectivity index (χ2n) is 13.2. The van der Waals surface area contributed by atoms with E-state index in [4.69, 9.17) is 20.2 Å². The van der Waals surface area contributed by atoms with E-state index in [0.717, 1.165) is 29.1 Å². The fourth-order valence-electron chi connectivity index (χ4n) is 6.37. The number of nitrogens with one attached hydrogen (secondary N) is 1. The van der Waals surface area contributed by atoms with Gasteiger partial charge in [0.25, 0.3) is 0 Å². The molecule has 1 aromatic heterocycles. The highest BCUT2D eigenvalue weighted by Gasteiger charge is 2.26. The van der Waals surface area contributed by atoms with Gasteiger partial charge < -0.3 is 20.2 Å². The highest BCUT2D eigenvalue weighted by atomic mass is 32.2. The van der Waals surface area contributed by atoms with Crippen molar-refractivity contribution < 1.29 is 27.3 Å². The average molecular weight is 701 g/mol. The largest absolute Gasteiger partial charge is 0.466 e. The number of benzene rings is 3. The van der Waals surface area contributed by atoms with Gasteiger partial charge in [0.1, 0.15) is 17.6 Å². The molecule has 0 amide bonds. The molecule has 0 saturated carbocycles. The van der Waals surface area contributed by atoms with E-state index in [1.165, 1.54) is 24.3 Å². The minimum absolute atomic E-state index is 0.0281. The van der Waals surface area contributed by atoms with Crippen molar-refractivity contribution in [2.24, 2.45) is 16.1 Å². The molecule has 0 aliphatic carbocycles. The molecule has 11 heteroatoms. The Morgan fingerprint density at radius 2 is 2.02 bits per heavy atom. The number of aliphatic imine (C=N–C) groups is 1. The summed E-state index contributed by atoms with van der Waals surface area (Å²) in [5, 5.41) is 10.9. The number of H-pyrrole nitrogens is 1. The quantitative estimate of drug-likeness (QED) is 0.154. The lowest BCUT2D eigenvalue weighted by Gasteiger charge is -2.25. The van der Waals surface area contributed by atoms with E-state index in [2.05, 4.69) is 24.9 Å². The molecule has 8 nitrogen and oxygen atoms in total. The maximum absolute atomic E-state index is 15.8. The number of rotatable bonds is 6. The first-order valence-corrected chi connectivity index (χ1v) is 18.3. The zero-order valence-electron chi connectivity index (χ0n) is 28.6. The number of hydrogen-bond donors (Lipinski definition) is 2. The third-order valence-corrected chi connectivity index (χ3v) is 10.6. The molecule has 2 atom stereocenters. The number of aryl methyl sites for hydroxylation is 2. The number of aromatic amines is 1. The van der Waals surface area contributed by atoms with Crippen molar-refractivity contribution in [1.29, 1.82) is 5.26 Å². The van der Waals surface area contributed by atoms with Crippen LogP contribution >= 0.6 is 0 Å². The number of fused-ring (bicyclic) bond motifs is 5. The monoisotopic (exact) mass is 700 g/mol. The van der Waals surface area contributed by atoms with E-state index >= 15 is 8.78 Å². The summed E-state index contributed by atoms with van der Waals surface area (Å²) in [6, 6.07) is 16.3. The average Bonchev–Trinajstić information content (AvgIpc) is 3.55. The van der Waals surface area contributed by atoms with Gasteiger partial charge in [0.05, 0.1) is 23.9 Å². The number of nitrogens with two attached hydrogens (primary N) is 1. The Labute approximate surface area is 293 Å². The van der Waals surface area contributed by atoms with Crippen LogP contribution in [-0.2, 0) is 33.2 Å².